The minimum absolute atomic E-state index is 0.137. The van der Waals surface area contributed by atoms with E-state index in [-0.39, 0.29) is 5.54 Å². The van der Waals surface area contributed by atoms with Gasteiger partial charge in [-0.2, -0.15) is 0 Å². The summed E-state index contributed by atoms with van der Waals surface area (Å²) in [6, 6.07) is 0.557. The van der Waals surface area contributed by atoms with Crippen LogP contribution in [0.4, 0.5) is 0 Å². The monoisotopic (exact) mass is 228 g/mol. The van der Waals surface area contributed by atoms with Gasteiger partial charge in [-0.15, -0.1) is 0 Å². The Labute approximate surface area is 102 Å². The molecule has 16 heavy (non-hydrogen) atoms. The van der Waals surface area contributed by atoms with Gasteiger partial charge < -0.3 is 11.1 Å². The minimum Gasteiger partial charge on any atom is -0.329 e. The summed E-state index contributed by atoms with van der Waals surface area (Å²) < 4.78 is 0. The number of rotatable bonds is 8. The van der Waals surface area contributed by atoms with Crippen molar-refractivity contribution in [1.29, 1.82) is 0 Å². The summed E-state index contributed by atoms with van der Waals surface area (Å²) in [6.45, 7) is 14.3. The number of nitrogens with one attached hydrogen (secondary N) is 1. The normalized spacial score (nSPS) is 14.8. The first kappa shape index (κ1) is 15.9. The van der Waals surface area contributed by atoms with Crippen molar-refractivity contribution >= 4 is 0 Å². The molecule has 0 amide bonds. The van der Waals surface area contributed by atoms with E-state index in [1.165, 1.54) is 12.8 Å². The summed E-state index contributed by atoms with van der Waals surface area (Å²) in [5.41, 5.74) is 6.18. The third kappa shape index (κ3) is 5.86. The van der Waals surface area contributed by atoms with Crippen LogP contribution in [0.3, 0.4) is 0 Å². The quantitative estimate of drug-likeness (QED) is 0.670. The van der Waals surface area contributed by atoms with Crippen molar-refractivity contribution in [1.82, 2.24) is 5.32 Å². The van der Waals surface area contributed by atoms with Crippen LogP contribution in [0, 0.1) is 11.8 Å². The summed E-state index contributed by atoms with van der Waals surface area (Å²) in [6.07, 6.45) is 3.51. The molecule has 0 aromatic rings. The maximum absolute atomic E-state index is 6.04. The fourth-order valence-electron chi connectivity index (χ4n) is 2.61. The second-order valence-corrected chi connectivity index (χ2v) is 6.13. The maximum atomic E-state index is 6.04. The number of hydrogen-bond donors (Lipinski definition) is 2. The largest absolute Gasteiger partial charge is 0.329 e. The number of nitrogens with two attached hydrogens (primary N) is 1. The zero-order valence-corrected chi connectivity index (χ0v) is 12.1. The first-order valence-corrected chi connectivity index (χ1v) is 6.83. The van der Waals surface area contributed by atoms with Gasteiger partial charge in [-0.1, -0.05) is 34.6 Å². The SMILES string of the molecule is CCC(C)NC(CN)(CC(C)C)CC(C)C. The molecule has 0 radical (unpaired) electrons. The lowest BCUT2D eigenvalue weighted by Crippen LogP contribution is -2.55. The van der Waals surface area contributed by atoms with Gasteiger partial charge in [-0.3, -0.25) is 0 Å². The zero-order valence-electron chi connectivity index (χ0n) is 12.1. The molecule has 0 saturated carbocycles. The molecular weight excluding hydrogens is 196 g/mol. The predicted octanol–water partition coefficient (Wildman–Crippen LogP) is 3.16. The van der Waals surface area contributed by atoms with Gasteiger partial charge >= 0.3 is 0 Å². The Bertz CT molecular complexity index is 166. The molecular formula is C14H32N2. The highest BCUT2D eigenvalue weighted by Gasteiger charge is 2.31. The van der Waals surface area contributed by atoms with Crippen molar-refractivity contribution < 1.29 is 0 Å². The minimum atomic E-state index is 0.137. The average molecular weight is 228 g/mol. The number of hydrogen-bond acceptors (Lipinski definition) is 2. The molecule has 0 bridgehead atoms. The van der Waals surface area contributed by atoms with Gasteiger partial charge in [0.05, 0.1) is 0 Å². The molecule has 0 rings (SSSR count). The fourth-order valence-corrected chi connectivity index (χ4v) is 2.61. The van der Waals surface area contributed by atoms with E-state index in [0.29, 0.717) is 17.9 Å². The summed E-state index contributed by atoms with van der Waals surface area (Å²) >= 11 is 0. The Hall–Kier alpha value is -0.0800. The molecule has 1 atom stereocenters. The molecule has 0 aromatic heterocycles. The molecule has 0 aromatic carbocycles. The zero-order chi connectivity index (χ0) is 12.8. The predicted molar refractivity (Wildman–Crippen MR) is 73.6 cm³/mol. The fraction of sp³-hybridized carbons (Fsp3) is 1.00. The van der Waals surface area contributed by atoms with E-state index in [1.807, 2.05) is 0 Å². The van der Waals surface area contributed by atoms with E-state index >= 15 is 0 Å². The highest BCUT2D eigenvalue weighted by molar-refractivity contribution is 4.92. The van der Waals surface area contributed by atoms with Gasteiger partial charge in [-0.25, -0.2) is 0 Å². The van der Waals surface area contributed by atoms with Crippen LogP contribution in [0.1, 0.15) is 60.8 Å². The first-order valence-electron chi connectivity index (χ1n) is 6.83. The molecule has 0 aliphatic rings. The van der Waals surface area contributed by atoms with Crippen molar-refractivity contribution in [2.24, 2.45) is 17.6 Å². The second-order valence-electron chi connectivity index (χ2n) is 6.13. The standard InChI is InChI=1S/C14H32N2/c1-7-13(6)16-14(10-15,8-11(2)3)9-12(4)5/h11-13,16H,7-10,15H2,1-6H3. The van der Waals surface area contributed by atoms with Gasteiger partial charge in [0, 0.05) is 18.1 Å². The second kappa shape index (κ2) is 7.29. The van der Waals surface area contributed by atoms with Crippen LogP contribution < -0.4 is 11.1 Å². The van der Waals surface area contributed by atoms with Crippen LogP contribution in [0.5, 0.6) is 0 Å². The molecule has 0 aliphatic heterocycles. The van der Waals surface area contributed by atoms with E-state index in [1.54, 1.807) is 0 Å². The summed E-state index contributed by atoms with van der Waals surface area (Å²) in [4.78, 5) is 0. The Morgan fingerprint density at radius 3 is 1.69 bits per heavy atom. The maximum Gasteiger partial charge on any atom is 0.0311 e. The van der Waals surface area contributed by atoms with E-state index in [2.05, 4.69) is 46.9 Å². The Balaban J connectivity index is 4.65. The van der Waals surface area contributed by atoms with Crippen LogP contribution in [-0.2, 0) is 0 Å². The lowest BCUT2D eigenvalue weighted by Gasteiger charge is -2.39. The Morgan fingerprint density at radius 1 is 1.00 bits per heavy atom. The van der Waals surface area contributed by atoms with E-state index in [9.17, 15) is 0 Å². The molecule has 3 N–H and O–H groups in total. The van der Waals surface area contributed by atoms with Gasteiger partial charge in [0.2, 0.25) is 0 Å². The van der Waals surface area contributed by atoms with Crippen LogP contribution in [0.2, 0.25) is 0 Å². The van der Waals surface area contributed by atoms with Gasteiger partial charge in [0.25, 0.3) is 0 Å². The van der Waals surface area contributed by atoms with E-state index < -0.39 is 0 Å². The molecule has 0 aliphatic carbocycles. The smallest absolute Gasteiger partial charge is 0.0311 e. The van der Waals surface area contributed by atoms with Crippen molar-refractivity contribution in [3.8, 4) is 0 Å². The molecule has 2 nitrogen and oxygen atoms in total. The Morgan fingerprint density at radius 2 is 1.44 bits per heavy atom. The molecule has 0 spiro atoms. The third-order valence-electron chi connectivity index (χ3n) is 3.15. The summed E-state index contributed by atoms with van der Waals surface area (Å²) in [5.74, 6) is 1.39. The molecule has 0 fully saturated rings. The molecule has 0 saturated heterocycles. The molecule has 0 heterocycles. The summed E-state index contributed by atoms with van der Waals surface area (Å²) in [7, 11) is 0. The first-order chi connectivity index (χ1) is 7.35. The third-order valence-corrected chi connectivity index (χ3v) is 3.15. The summed E-state index contributed by atoms with van der Waals surface area (Å²) in [5, 5.41) is 3.77. The van der Waals surface area contributed by atoms with Crippen molar-refractivity contribution in [3.05, 3.63) is 0 Å². The van der Waals surface area contributed by atoms with Crippen LogP contribution in [0.15, 0.2) is 0 Å². The van der Waals surface area contributed by atoms with Crippen LogP contribution in [-0.4, -0.2) is 18.1 Å². The highest BCUT2D eigenvalue weighted by atomic mass is 15.0. The van der Waals surface area contributed by atoms with Gasteiger partial charge in [0.1, 0.15) is 0 Å². The van der Waals surface area contributed by atoms with Crippen molar-refractivity contribution in [2.75, 3.05) is 6.54 Å². The molecule has 1 unspecified atom stereocenters. The van der Waals surface area contributed by atoms with Crippen molar-refractivity contribution in [2.45, 2.75) is 72.4 Å². The lowest BCUT2D eigenvalue weighted by molar-refractivity contribution is 0.208. The van der Waals surface area contributed by atoms with Crippen LogP contribution >= 0.6 is 0 Å². The van der Waals surface area contributed by atoms with Gasteiger partial charge in [-0.05, 0) is 38.0 Å². The Kier molecular flexibility index (Phi) is 7.25. The lowest BCUT2D eigenvalue weighted by atomic mass is 9.81. The van der Waals surface area contributed by atoms with Crippen LogP contribution in [0.25, 0.3) is 0 Å². The van der Waals surface area contributed by atoms with Crippen molar-refractivity contribution in [3.63, 3.8) is 0 Å². The van der Waals surface area contributed by atoms with Gasteiger partial charge in [0.15, 0.2) is 0 Å². The molecule has 98 valence electrons. The van der Waals surface area contributed by atoms with E-state index in [4.69, 9.17) is 5.73 Å². The average Bonchev–Trinajstić information content (AvgIpc) is 2.15. The highest BCUT2D eigenvalue weighted by Crippen LogP contribution is 2.25. The molecule has 2 heteroatoms. The topological polar surface area (TPSA) is 38.0 Å². The van der Waals surface area contributed by atoms with E-state index in [0.717, 1.165) is 13.0 Å².